The summed E-state index contributed by atoms with van der Waals surface area (Å²) in [6.45, 7) is 0.852. The van der Waals surface area contributed by atoms with Gasteiger partial charge in [0.1, 0.15) is 0 Å². The Bertz CT molecular complexity index is 489. The Kier molecular flexibility index (Phi) is 4.24. The van der Waals surface area contributed by atoms with Crippen molar-refractivity contribution >= 4 is 11.6 Å². The second-order valence-electron chi connectivity index (χ2n) is 6.13. The first-order chi connectivity index (χ1) is 9.83. The second kappa shape index (κ2) is 6.29. The van der Waals surface area contributed by atoms with Gasteiger partial charge in [0.15, 0.2) is 5.96 Å². The van der Waals surface area contributed by atoms with E-state index in [0.29, 0.717) is 5.96 Å². The smallest absolute Gasteiger partial charge is 0.193 e. The molecule has 1 aromatic carbocycles. The largest absolute Gasteiger partial charge is 0.370 e. The Balaban J connectivity index is 1.57. The average molecular weight is 271 g/mol. The number of aryl methyl sites for hydroxylation is 1. The first-order valence-electron chi connectivity index (χ1n) is 8.00. The van der Waals surface area contributed by atoms with E-state index in [4.69, 9.17) is 5.73 Å². The molecule has 0 bridgehead atoms. The minimum Gasteiger partial charge on any atom is -0.370 e. The van der Waals surface area contributed by atoms with Gasteiger partial charge in [-0.3, -0.25) is 4.99 Å². The van der Waals surface area contributed by atoms with Gasteiger partial charge in [0.25, 0.3) is 0 Å². The average Bonchev–Trinajstić information content (AvgIpc) is 3.28. The number of guanidine groups is 1. The van der Waals surface area contributed by atoms with Gasteiger partial charge in [-0.2, -0.15) is 0 Å². The molecule has 0 aromatic heterocycles. The standard InChI is InChI=1S/C17H25N3/c18-17(19-12-4-5-13-10-11-13)20-16-9-3-7-14-6-1-2-8-15(14)16/h3,7,9,13H,1-2,4-6,8,10-12H2,(H3,18,19,20). The minimum absolute atomic E-state index is 0.569. The van der Waals surface area contributed by atoms with Crippen LogP contribution in [0.5, 0.6) is 0 Å². The maximum atomic E-state index is 6.01. The summed E-state index contributed by atoms with van der Waals surface area (Å²) < 4.78 is 0. The van der Waals surface area contributed by atoms with Crippen LogP contribution in [0.1, 0.15) is 49.7 Å². The second-order valence-corrected chi connectivity index (χ2v) is 6.13. The van der Waals surface area contributed by atoms with Crippen LogP contribution >= 0.6 is 0 Å². The Morgan fingerprint density at radius 1 is 1.25 bits per heavy atom. The quantitative estimate of drug-likeness (QED) is 0.489. The number of nitrogens with two attached hydrogens (primary N) is 1. The number of aliphatic imine (C=N–C) groups is 1. The van der Waals surface area contributed by atoms with Crippen LogP contribution in [0.15, 0.2) is 23.2 Å². The number of nitrogens with zero attached hydrogens (tertiary/aromatic N) is 1. The number of benzene rings is 1. The van der Waals surface area contributed by atoms with E-state index in [1.54, 1.807) is 0 Å². The highest BCUT2D eigenvalue weighted by Crippen LogP contribution is 2.33. The lowest BCUT2D eigenvalue weighted by Gasteiger charge is -2.19. The Morgan fingerprint density at radius 3 is 2.95 bits per heavy atom. The molecule has 3 rings (SSSR count). The molecule has 0 spiro atoms. The van der Waals surface area contributed by atoms with Crippen molar-refractivity contribution in [3.8, 4) is 0 Å². The van der Waals surface area contributed by atoms with Crippen LogP contribution in [-0.4, -0.2) is 12.5 Å². The van der Waals surface area contributed by atoms with Gasteiger partial charge in [0.05, 0.1) is 0 Å². The highest BCUT2D eigenvalue weighted by Gasteiger charge is 2.19. The predicted octanol–water partition coefficient (Wildman–Crippen LogP) is 3.48. The molecule has 2 aliphatic rings. The van der Waals surface area contributed by atoms with Gasteiger partial charge in [-0.15, -0.1) is 0 Å². The van der Waals surface area contributed by atoms with Crippen LogP contribution in [0.4, 0.5) is 5.69 Å². The van der Waals surface area contributed by atoms with Crippen molar-refractivity contribution in [3.05, 3.63) is 29.3 Å². The SMILES string of the molecule is NC(=NCCCC1CC1)Nc1cccc2c1CCCC2. The number of rotatable bonds is 5. The predicted molar refractivity (Wildman–Crippen MR) is 85.2 cm³/mol. The number of hydrogen-bond donors (Lipinski definition) is 2. The lowest BCUT2D eigenvalue weighted by molar-refractivity contribution is 0.675. The molecule has 1 saturated carbocycles. The monoisotopic (exact) mass is 271 g/mol. The Labute approximate surface area is 121 Å². The fourth-order valence-corrected chi connectivity index (χ4v) is 3.06. The zero-order valence-corrected chi connectivity index (χ0v) is 12.2. The van der Waals surface area contributed by atoms with Gasteiger partial charge in [0.2, 0.25) is 0 Å². The van der Waals surface area contributed by atoms with Crippen molar-refractivity contribution < 1.29 is 0 Å². The molecule has 0 radical (unpaired) electrons. The lowest BCUT2D eigenvalue weighted by atomic mass is 9.90. The van der Waals surface area contributed by atoms with Crippen LogP contribution in [0.25, 0.3) is 0 Å². The van der Waals surface area contributed by atoms with E-state index in [1.165, 1.54) is 56.1 Å². The fourth-order valence-electron chi connectivity index (χ4n) is 3.06. The van der Waals surface area contributed by atoms with Crippen molar-refractivity contribution in [1.82, 2.24) is 0 Å². The molecule has 3 heteroatoms. The number of nitrogens with one attached hydrogen (secondary N) is 1. The molecule has 0 atom stereocenters. The molecule has 0 heterocycles. The summed E-state index contributed by atoms with van der Waals surface area (Å²) in [7, 11) is 0. The van der Waals surface area contributed by atoms with Gasteiger partial charge < -0.3 is 11.1 Å². The van der Waals surface area contributed by atoms with E-state index in [-0.39, 0.29) is 0 Å². The van der Waals surface area contributed by atoms with Crippen molar-refractivity contribution in [2.24, 2.45) is 16.6 Å². The van der Waals surface area contributed by atoms with Gasteiger partial charge in [-0.25, -0.2) is 0 Å². The summed E-state index contributed by atoms with van der Waals surface area (Å²) in [5.41, 5.74) is 10.1. The summed E-state index contributed by atoms with van der Waals surface area (Å²) in [5, 5.41) is 3.30. The molecule has 3 N–H and O–H groups in total. The molecule has 0 unspecified atom stereocenters. The molecule has 108 valence electrons. The van der Waals surface area contributed by atoms with Crippen LogP contribution in [0.2, 0.25) is 0 Å². The van der Waals surface area contributed by atoms with E-state index in [2.05, 4.69) is 28.5 Å². The molecule has 0 saturated heterocycles. The fraction of sp³-hybridized carbons (Fsp3) is 0.588. The third kappa shape index (κ3) is 3.53. The van der Waals surface area contributed by atoms with E-state index in [9.17, 15) is 0 Å². The first-order valence-corrected chi connectivity index (χ1v) is 8.00. The molecule has 20 heavy (non-hydrogen) atoms. The summed E-state index contributed by atoms with van der Waals surface area (Å²) in [4.78, 5) is 4.45. The molecule has 2 aliphatic carbocycles. The molecule has 1 fully saturated rings. The number of fused-ring (bicyclic) bond motifs is 1. The normalized spacial score (nSPS) is 18.7. The summed E-state index contributed by atoms with van der Waals surface area (Å²) in [6.07, 6.45) is 10.3. The van der Waals surface area contributed by atoms with Gasteiger partial charge in [-0.05, 0) is 61.6 Å². The Hall–Kier alpha value is -1.51. The van der Waals surface area contributed by atoms with Crippen molar-refractivity contribution in [1.29, 1.82) is 0 Å². The van der Waals surface area contributed by atoms with Crippen LogP contribution < -0.4 is 11.1 Å². The number of anilines is 1. The maximum Gasteiger partial charge on any atom is 0.193 e. The molecule has 0 amide bonds. The van der Waals surface area contributed by atoms with Crippen molar-refractivity contribution in [2.75, 3.05) is 11.9 Å². The maximum absolute atomic E-state index is 6.01. The Morgan fingerprint density at radius 2 is 2.10 bits per heavy atom. The van der Waals surface area contributed by atoms with Crippen LogP contribution in [0.3, 0.4) is 0 Å². The molecular formula is C17H25N3. The number of hydrogen-bond acceptors (Lipinski definition) is 1. The minimum atomic E-state index is 0.569. The van der Waals surface area contributed by atoms with Crippen LogP contribution in [-0.2, 0) is 12.8 Å². The van der Waals surface area contributed by atoms with Crippen LogP contribution in [0, 0.1) is 5.92 Å². The first kappa shape index (κ1) is 13.5. The highest BCUT2D eigenvalue weighted by molar-refractivity contribution is 5.93. The highest BCUT2D eigenvalue weighted by atomic mass is 15.1. The third-order valence-corrected chi connectivity index (χ3v) is 4.41. The topological polar surface area (TPSA) is 50.4 Å². The van der Waals surface area contributed by atoms with Gasteiger partial charge in [-0.1, -0.05) is 25.0 Å². The zero-order valence-electron chi connectivity index (χ0n) is 12.2. The molecule has 0 aliphatic heterocycles. The summed E-state index contributed by atoms with van der Waals surface area (Å²) in [6, 6.07) is 6.48. The molecule has 1 aromatic rings. The molecule has 3 nitrogen and oxygen atoms in total. The molecular weight excluding hydrogens is 246 g/mol. The van der Waals surface area contributed by atoms with E-state index in [1.807, 2.05) is 0 Å². The third-order valence-electron chi connectivity index (χ3n) is 4.41. The van der Waals surface area contributed by atoms with E-state index >= 15 is 0 Å². The lowest BCUT2D eigenvalue weighted by Crippen LogP contribution is -2.24. The summed E-state index contributed by atoms with van der Waals surface area (Å²) >= 11 is 0. The van der Waals surface area contributed by atoms with Gasteiger partial charge >= 0.3 is 0 Å². The van der Waals surface area contributed by atoms with Gasteiger partial charge in [0, 0.05) is 12.2 Å². The van der Waals surface area contributed by atoms with E-state index in [0.717, 1.165) is 24.6 Å². The zero-order chi connectivity index (χ0) is 13.8. The van der Waals surface area contributed by atoms with E-state index < -0.39 is 0 Å². The summed E-state index contributed by atoms with van der Waals surface area (Å²) in [5.74, 6) is 1.56. The van der Waals surface area contributed by atoms with Crippen molar-refractivity contribution in [2.45, 2.75) is 51.4 Å². The van der Waals surface area contributed by atoms with Crippen molar-refractivity contribution in [3.63, 3.8) is 0 Å².